The van der Waals surface area contributed by atoms with E-state index in [1.807, 2.05) is 0 Å². The molecule has 110 valence electrons. The Labute approximate surface area is 122 Å². The van der Waals surface area contributed by atoms with Crippen LogP contribution in [0, 0.1) is 5.82 Å². The second-order valence-corrected chi connectivity index (χ2v) is 5.15. The molecule has 0 saturated carbocycles. The minimum Gasteiger partial charge on any atom is -0.317 e. The Morgan fingerprint density at radius 3 is 3.00 bits per heavy atom. The number of carbonyl (C=O) groups excluding carboxylic acids is 1. The fraction of sp³-hybridized carbons (Fsp3) is 0.333. The number of hydrogen-bond acceptors (Lipinski definition) is 2. The van der Waals surface area contributed by atoms with E-state index in [1.54, 1.807) is 35.5 Å². The first-order valence-electron chi connectivity index (χ1n) is 7.06. The average molecular weight is 288 g/mol. The van der Waals surface area contributed by atoms with Crippen molar-refractivity contribution in [1.29, 1.82) is 0 Å². The first-order chi connectivity index (χ1) is 10.3. The second-order valence-electron chi connectivity index (χ2n) is 5.15. The summed E-state index contributed by atoms with van der Waals surface area (Å²) in [7, 11) is 0. The number of aromatic amines is 1. The predicted molar refractivity (Wildman–Crippen MR) is 77.3 cm³/mol. The molecule has 0 radical (unpaired) electrons. The fourth-order valence-corrected chi connectivity index (χ4v) is 2.71. The molecule has 5 nitrogen and oxygen atoms in total. The molecule has 1 aliphatic heterocycles. The van der Waals surface area contributed by atoms with E-state index in [1.165, 1.54) is 6.07 Å². The summed E-state index contributed by atoms with van der Waals surface area (Å²) in [6, 6.07) is 5.90. The van der Waals surface area contributed by atoms with Crippen molar-refractivity contribution in [1.82, 2.24) is 15.1 Å². The van der Waals surface area contributed by atoms with Crippen molar-refractivity contribution >= 4 is 11.7 Å². The van der Waals surface area contributed by atoms with E-state index < -0.39 is 5.82 Å². The molecular formula is C15H17FN4O. The summed E-state index contributed by atoms with van der Waals surface area (Å²) in [6.07, 6.45) is 6.46. The third-order valence-electron chi connectivity index (χ3n) is 3.78. The van der Waals surface area contributed by atoms with Gasteiger partial charge >= 0.3 is 6.03 Å². The molecule has 0 aliphatic carbocycles. The van der Waals surface area contributed by atoms with Gasteiger partial charge in [0.2, 0.25) is 0 Å². The van der Waals surface area contributed by atoms with Crippen LogP contribution < -0.4 is 5.32 Å². The van der Waals surface area contributed by atoms with Crippen molar-refractivity contribution in [3.05, 3.63) is 48.0 Å². The summed E-state index contributed by atoms with van der Waals surface area (Å²) in [4.78, 5) is 14.2. The van der Waals surface area contributed by atoms with Crippen LogP contribution in [-0.4, -0.2) is 27.7 Å². The Hall–Kier alpha value is -2.37. The molecule has 1 atom stereocenters. The Morgan fingerprint density at radius 2 is 2.24 bits per heavy atom. The summed E-state index contributed by atoms with van der Waals surface area (Å²) in [5.41, 5.74) is 1.19. The molecule has 6 heteroatoms. The molecule has 21 heavy (non-hydrogen) atoms. The monoisotopic (exact) mass is 288 g/mol. The third-order valence-corrected chi connectivity index (χ3v) is 3.78. The van der Waals surface area contributed by atoms with Crippen LogP contribution in [0.1, 0.15) is 30.9 Å². The number of urea groups is 1. The molecule has 2 heterocycles. The number of amides is 2. The maximum absolute atomic E-state index is 13.6. The number of likely N-dealkylation sites (tertiary alicyclic amines) is 1. The van der Waals surface area contributed by atoms with Gasteiger partial charge in [0, 0.05) is 18.3 Å². The van der Waals surface area contributed by atoms with Gasteiger partial charge in [-0.15, -0.1) is 0 Å². The van der Waals surface area contributed by atoms with E-state index in [0.29, 0.717) is 6.54 Å². The van der Waals surface area contributed by atoms with Gasteiger partial charge in [-0.1, -0.05) is 12.1 Å². The van der Waals surface area contributed by atoms with Gasteiger partial charge in [-0.2, -0.15) is 5.10 Å². The standard InChI is InChI=1S/C15H17FN4O/c16-12-5-1-2-6-13(12)19-15(21)20-8-4-3-7-14(20)11-9-17-18-10-11/h1-2,5-6,9-10,14H,3-4,7-8H2,(H,17,18)(H,19,21)/t14-/m0/s1. The lowest BCUT2D eigenvalue weighted by atomic mass is 9.98. The minimum atomic E-state index is -0.428. The number of anilines is 1. The molecule has 1 aliphatic rings. The Kier molecular flexibility index (Phi) is 3.85. The summed E-state index contributed by atoms with van der Waals surface area (Å²) >= 11 is 0. The number of nitrogens with one attached hydrogen (secondary N) is 2. The number of carbonyl (C=O) groups is 1. The molecule has 1 aromatic heterocycles. The highest BCUT2D eigenvalue weighted by Crippen LogP contribution is 2.30. The van der Waals surface area contributed by atoms with Gasteiger partial charge in [-0.05, 0) is 31.4 Å². The first kappa shape index (κ1) is 13.6. The number of halogens is 1. The molecule has 0 unspecified atom stereocenters. The Balaban J connectivity index is 1.77. The predicted octanol–water partition coefficient (Wildman–Crippen LogP) is 3.31. The summed E-state index contributed by atoms with van der Waals surface area (Å²) in [6.45, 7) is 0.663. The van der Waals surface area contributed by atoms with Crippen LogP contribution >= 0.6 is 0 Å². The van der Waals surface area contributed by atoms with Crippen LogP contribution in [-0.2, 0) is 0 Å². The summed E-state index contributed by atoms with van der Waals surface area (Å²) in [5, 5.41) is 9.38. The molecule has 0 spiro atoms. The summed E-state index contributed by atoms with van der Waals surface area (Å²) < 4.78 is 13.6. The smallest absolute Gasteiger partial charge is 0.317 e. The zero-order valence-corrected chi connectivity index (χ0v) is 11.6. The Morgan fingerprint density at radius 1 is 1.38 bits per heavy atom. The van der Waals surface area contributed by atoms with Crippen LogP contribution in [0.3, 0.4) is 0 Å². The third kappa shape index (κ3) is 2.89. The number of para-hydroxylation sites is 1. The van der Waals surface area contributed by atoms with Gasteiger partial charge in [-0.3, -0.25) is 5.10 Å². The van der Waals surface area contributed by atoms with Crippen LogP contribution in [0.25, 0.3) is 0 Å². The largest absolute Gasteiger partial charge is 0.322 e. The van der Waals surface area contributed by atoms with Gasteiger partial charge in [0.25, 0.3) is 0 Å². The number of aromatic nitrogens is 2. The van der Waals surface area contributed by atoms with E-state index in [-0.39, 0.29) is 17.8 Å². The van der Waals surface area contributed by atoms with Gasteiger partial charge < -0.3 is 10.2 Å². The minimum absolute atomic E-state index is 0.00993. The van der Waals surface area contributed by atoms with E-state index in [2.05, 4.69) is 15.5 Å². The molecule has 2 N–H and O–H groups in total. The number of rotatable bonds is 2. The second kappa shape index (κ2) is 5.95. The van der Waals surface area contributed by atoms with Crippen molar-refractivity contribution in [2.75, 3.05) is 11.9 Å². The molecule has 0 bridgehead atoms. The van der Waals surface area contributed by atoms with Gasteiger partial charge in [0.05, 0.1) is 17.9 Å². The van der Waals surface area contributed by atoms with Crippen LogP contribution in [0.2, 0.25) is 0 Å². The molecule has 2 aromatic rings. The molecule has 1 aromatic carbocycles. The molecular weight excluding hydrogens is 271 g/mol. The number of H-pyrrole nitrogens is 1. The average Bonchev–Trinajstić information content (AvgIpc) is 3.04. The fourth-order valence-electron chi connectivity index (χ4n) is 2.71. The normalized spacial score (nSPS) is 18.5. The summed E-state index contributed by atoms with van der Waals surface area (Å²) in [5.74, 6) is -0.428. The first-order valence-corrected chi connectivity index (χ1v) is 7.06. The van der Waals surface area contributed by atoms with Crippen LogP contribution in [0.4, 0.5) is 14.9 Å². The lowest BCUT2D eigenvalue weighted by Crippen LogP contribution is -2.41. The van der Waals surface area contributed by atoms with Gasteiger partial charge in [-0.25, -0.2) is 9.18 Å². The highest BCUT2D eigenvalue weighted by Gasteiger charge is 2.28. The maximum Gasteiger partial charge on any atom is 0.322 e. The quantitative estimate of drug-likeness (QED) is 0.890. The molecule has 1 saturated heterocycles. The lowest BCUT2D eigenvalue weighted by molar-refractivity contribution is 0.163. The zero-order valence-electron chi connectivity index (χ0n) is 11.6. The van der Waals surface area contributed by atoms with Crippen LogP contribution in [0.15, 0.2) is 36.7 Å². The lowest BCUT2D eigenvalue weighted by Gasteiger charge is -2.35. The van der Waals surface area contributed by atoms with Crippen molar-refractivity contribution in [3.8, 4) is 0 Å². The zero-order chi connectivity index (χ0) is 14.7. The SMILES string of the molecule is O=C(Nc1ccccc1F)N1CCCC[C@H]1c1cn[nH]c1. The van der Waals surface area contributed by atoms with Crippen LogP contribution in [0.5, 0.6) is 0 Å². The van der Waals surface area contributed by atoms with Crippen molar-refractivity contribution < 1.29 is 9.18 Å². The Bertz CT molecular complexity index is 614. The molecule has 2 amide bonds. The van der Waals surface area contributed by atoms with E-state index in [4.69, 9.17) is 0 Å². The van der Waals surface area contributed by atoms with E-state index in [9.17, 15) is 9.18 Å². The highest BCUT2D eigenvalue weighted by molar-refractivity contribution is 5.89. The number of hydrogen-bond donors (Lipinski definition) is 2. The number of piperidine rings is 1. The van der Waals surface area contributed by atoms with Gasteiger partial charge in [0.1, 0.15) is 5.82 Å². The maximum atomic E-state index is 13.6. The van der Waals surface area contributed by atoms with E-state index in [0.717, 1.165) is 24.8 Å². The number of nitrogens with zero attached hydrogens (tertiary/aromatic N) is 2. The highest BCUT2D eigenvalue weighted by atomic mass is 19.1. The van der Waals surface area contributed by atoms with Crippen molar-refractivity contribution in [3.63, 3.8) is 0 Å². The molecule has 1 fully saturated rings. The van der Waals surface area contributed by atoms with E-state index >= 15 is 0 Å². The van der Waals surface area contributed by atoms with Crippen molar-refractivity contribution in [2.24, 2.45) is 0 Å². The number of benzene rings is 1. The van der Waals surface area contributed by atoms with Gasteiger partial charge in [0.15, 0.2) is 0 Å². The van der Waals surface area contributed by atoms with Crippen molar-refractivity contribution in [2.45, 2.75) is 25.3 Å². The molecule has 3 rings (SSSR count). The topological polar surface area (TPSA) is 61.0 Å².